The highest BCUT2D eigenvalue weighted by molar-refractivity contribution is 6.00. The molecule has 0 fully saturated rings. The van der Waals surface area contributed by atoms with Gasteiger partial charge in [-0.2, -0.15) is 0 Å². The van der Waals surface area contributed by atoms with Gasteiger partial charge in [-0.15, -0.1) is 0 Å². The molecule has 2 heterocycles. The van der Waals surface area contributed by atoms with E-state index in [9.17, 15) is 4.79 Å². The van der Waals surface area contributed by atoms with Crippen molar-refractivity contribution in [3.8, 4) is 11.4 Å². The molecule has 0 spiro atoms. The molecule has 3 rings (SSSR count). The fraction of sp³-hybridized carbons (Fsp3) is 0.235. The summed E-state index contributed by atoms with van der Waals surface area (Å²) < 4.78 is 4.78. The minimum Gasteiger partial charge on any atom is -0.465 e. The van der Waals surface area contributed by atoms with Crippen molar-refractivity contribution < 1.29 is 9.53 Å². The number of benzene rings is 1. The third-order valence-electron chi connectivity index (χ3n) is 3.61. The summed E-state index contributed by atoms with van der Waals surface area (Å²) in [5, 5.41) is 0.906. The van der Waals surface area contributed by atoms with Crippen LogP contribution in [0.3, 0.4) is 0 Å². The molecular formula is C17H17N3O2. The summed E-state index contributed by atoms with van der Waals surface area (Å²) in [6.07, 6.45) is 3.63. The largest absolute Gasteiger partial charge is 0.465 e. The van der Waals surface area contributed by atoms with Crippen molar-refractivity contribution in [1.82, 2.24) is 15.0 Å². The van der Waals surface area contributed by atoms with E-state index >= 15 is 0 Å². The average Bonchev–Trinajstić information content (AvgIpc) is 2.97. The van der Waals surface area contributed by atoms with E-state index in [2.05, 4.69) is 28.8 Å². The molecule has 0 aliphatic carbocycles. The van der Waals surface area contributed by atoms with Gasteiger partial charge >= 0.3 is 5.97 Å². The Bertz CT molecular complexity index is 837. The van der Waals surface area contributed by atoms with E-state index in [4.69, 9.17) is 4.74 Å². The van der Waals surface area contributed by atoms with Crippen molar-refractivity contribution in [2.75, 3.05) is 7.11 Å². The number of hydrogen-bond donors (Lipinski definition) is 1. The van der Waals surface area contributed by atoms with Gasteiger partial charge in [0.25, 0.3) is 0 Å². The molecule has 5 nitrogen and oxygen atoms in total. The fourth-order valence-corrected chi connectivity index (χ4v) is 2.37. The van der Waals surface area contributed by atoms with E-state index in [-0.39, 0.29) is 5.97 Å². The summed E-state index contributed by atoms with van der Waals surface area (Å²) >= 11 is 0. The van der Waals surface area contributed by atoms with Crippen LogP contribution < -0.4 is 0 Å². The predicted octanol–water partition coefficient (Wildman–Crippen LogP) is 3.53. The Balaban J connectivity index is 2.14. The van der Waals surface area contributed by atoms with E-state index < -0.39 is 0 Å². The highest BCUT2D eigenvalue weighted by Crippen LogP contribution is 2.28. The molecule has 2 aromatic heterocycles. The highest BCUT2D eigenvalue weighted by Gasteiger charge is 2.13. The summed E-state index contributed by atoms with van der Waals surface area (Å²) in [4.78, 5) is 23.9. The number of carbonyl (C=O) groups excluding carboxylic acids is 1. The van der Waals surface area contributed by atoms with E-state index in [1.165, 1.54) is 7.11 Å². The summed E-state index contributed by atoms with van der Waals surface area (Å²) in [6, 6.07) is 7.32. The average molecular weight is 295 g/mol. The van der Waals surface area contributed by atoms with Crippen molar-refractivity contribution in [1.29, 1.82) is 0 Å². The second-order valence-corrected chi connectivity index (χ2v) is 5.41. The first-order valence-corrected chi connectivity index (χ1v) is 7.13. The number of methoxy groups -OCH3 is 1. The molecule has 0 amide bonds. The first-order chi connectivity index (χ1) is 10.6. The number of aromatic amines is 1. The molecule has 0 unspecified atom stereocenters. The number of rotatable bonds is 3. The van der Waals surface area contributed by atoms with Crippen LogP contribution in [0.25, 0.3) is 22.3 Å². The Morgan fingerprint density at radius 1 is 1.27 bits per heavy atom. The number of H-pyrrole nitrogens is 1. The van der Waals surface area contributed by atoms with Gasteiger partial charge in [-0.05, 0) is 30.2 Å². The standard InChI is InChI=1S/C17H17N3O2/c1-10(2)14-6-7-18-16(20-14)13-9-19-15-5-4-11(8-12(13)15)17(21)22-3/h4-10,19H,1-3H3. The number of esters is 1. The number of nitrogens with one attached hydrogen (secondary N) is 1. The smallest absolute Gasteiger partial charge is 0.337 e. The van der Waals surface area contributed by atoms with Gasteiger partial charge in [0, 0.05) is 34.6 Å². The summed E-state index contributed by atoms with van der Waals surface area (Å²) in [7, 11) is 1.37. The normalized spacial score (nSPS) is 11.1. The maximum atomic E-state index is 11.7. The minimum absolute atomic E-state index is 0.331. The van der Waals surface area contributed by atoms with Gasteiger partial charge in [-0.25, -0.2) is 14.8 Å². The Hall–Kier alpha value is -2.69. The van der Waals surface area contributed by atoms with Crippen LogP contribution in [0.2, 0.25) is 0 Å². The van der Waals surface area contributed by atoms with Gasteiger partial charge < -0.3 is 9.72 Å². The zero-order chi connectivity index (χ0) is 15.7. The summed E-state index contributed by atoms with van der Waals surface area (Å²) in [6.45, 7) is 4.19. The first-order valence-electron chi connectivity index (χ1n) is 7.13. The van der Waals surface area contributed by atoms with Gasteiger partial charge in [0.1, 0.15) is 0 Å². The lowest BCUT2D eigenvalue weighted by atomic mass is 10.1. The lowest BCUT2D eigenvalue weighted by Crippen LogP contribution is -2.00. The number of carbonyl (C=O) groups is 1. The molecule has 0 bridgehead atoms. The number of ether oxygens (including phenoxy) is 1. The molecule has 0 atom stereocenters. The van der Waals surface area contributed by atoms with Crippen LogP contribution >= 0.6 is 0 Å². The van der Waals surface area contributed by atoms with Gasteiger partial charge in [0.05, 0.1) is 12.7 Å². The first kappa shape index (κ1) is 14.3. The van der Waals surface area contributed by atoms with Crippen molar-refractivity contribution in [3.63, 3.8) is 0 Å². The molecule has 1 N–H and O–H groups in total. The van der Waals surface area contributed by atoms with Gasteiger partial charge in [-0.1, -0.05) is 13.8 Å². The van der Waals surface area contributed by atoms with Gasteiger partial charge in [0.2, 0.25) is 0 Å². The second-order valence-electron chi connectivity index (χ2n) is 5.41. The molecule has 0 aliphatic rings. The van der Waals surface area contributed by atoms with E-state index in [0.717, 1.165) is 22.2 Å². The fourth-order valence-electron chi connectivity index (χ4n) is 2.37. The highest BCUT2D eigenvalue weighted by atomic mass is 16.5. The van der Waals surface area contributed by atoms with E-state index in [0.29, 0.717) is 17.3 Å². The molecule has 1 aromatic carbocycles. The molecule has 22 heavy (non-hydrogen) atoms. The van der Waals surface area contributed by atoms with Gasteiger partial charge in [0.15, 0.2) is 5.82 Å². The molecule has 0 radical (unpaired) electrons. The number of hydrogen-bond acceptors (Lipinski definition) is 4. The number of nitrogens with zero attached hydrogens (tertiary/aromatic N) is 2. The Labute approximate surface area is 128 Å². The molecule has 112 valence electrons. The van der Waals surface area contributed by atoms with Gasteiger partial charge in [-0.3, -0.25) is 0 Å². The van der Waals surface area contributed by atoms with Crippen molar-refractivity contribution in [3.05, 3.63) is 47.9 Å². The zero-order valence-electron chi connectivity index (χ0n) is 12.8. The lowest BCUT2D eigenvalue weighted by molar-refractivity contribution is 0.0601. The topological polar surface area (TPSA) is 67.9 Å². The van der Waals surface area contributed by atoms with E-state index in [1.54, 1.807) is 18.3 Å². The molecular weight excluding hydrogens is 278 g/mol. The van der Waals surface area contributed by atoms with Crippen molar-refractivity contribution >= 4 is 16.9 Å². The summed E-state index contributed by atoms with van der Waals surface area (Å²) in [5.74, 6) is 0.628. The monoisotopic (exact) mass is 295 g/mol. The lowest BCUT2D eigenvalue weighted by Gasteiger charge is -2.06. The van der Waals surface area contributed by atoms with Crippen LogP contribution in [-0.2, 0) is 4.74 Å². The predicted molar refractivity (Wildman–Crippen MR) is 84.8 cm³/mol. The van der Waals surface area contributed by atoms with Crippen LogP contribution in [0.1, 0.15) is 35.8 Å². The van der Waals surface area contributed by atoms with Crippen LogP contribution in [-0.4, -0.2) is 28.0 Å². The van der Waals surface area contributed by atoms with E-state index in [1.807, 2.05) is 18.3 Å². The van der Waals surface area contributed by atoms with Crippen LogP contribution in [0.15, 0.2) is 36.7 Å². The maximum absolute atomic E-state index is 11.7. The van der Waals surface area contributed by atoms with Crippen molar-refractivity contribution in [2.45, 2.75) is 19.8 Å². The molecule has 0 aliphatic heterocycles. The molecule has 5 heteroatoms. The number of aromatic nitrogens is 3. The van der Waals surface area contributed by atoms with Crippen molar-refractivity contribution in [2.24, 2.45) is 0 Å². The Kier molecular flexibility index (Phi) is 3.63. The molecule has 3 aromatic rings. The SMILES string of the molecule is COC(=O)c1ccc2[nH]cc(-c3nccc(C(C)C)n3)c2c1. The van der Waals surface area contributed by atoms with Crippen LogP contribution in [0.4, 0.5) is 0 Å². The third kappa shape index (κ3) is 2.45. The molecule has 0 saturated carbocycles. The quantitative estimate of drug-likeness (QED) is 0.750. The zero-order valence-corrected chi connectivity index (χ0v) is 12.8. The second kappa shape index (κ2) is 5.60. The maximum Gasteiger partial charge on any atom is 0.337 e. The third-order valence-corrected chi connectivity index (χ3v) is 3.61. The molecule has 0 saturated heterocycles. The van der Waals surface area contributed by atoms with Crippen LogP contribution in [0.5, 0.6) is 0 Å². The van der Waals surface area contributed by atoms with Crippen LogP contribution in [0, 0.1) is 0 Å². The summed E-state index contributed by atoms with van der Waals surface area (Å²) in [5.41, 5.74) is 3.31. The number of fused-ring (bicyclic) bond motifs is 1. The minimum atomic E-state index is -0.356. The Morgan fingerprint density at radius 3 is 2.82 bits per heavy atom. The Morgan fingerprint density at radius 2 is 2.09 bits per heavy atom.